The second-order valence-electron chi connectivity index (χ2n) is 5.37. The van der Waals surface area contributed by atoms with Gasteiger partial charge in [-0.15, -0.1) is 0 Å². The van der Waals surface area contributed by atoms with Crippen LogP contribution < -0.4 is 0 Å². The van der Waals surface area contributed by atoms with Gasteiger partial charge in [0.25, 0.3) is 0 Å². The SMILES string of the molecule is CCCC(=O)OC(C)Cc1ccccc1.Oc1cc(F)cc(Cl)c1. The van der Waals surface area contributed by atoms with Gasteiger partial charge in [-0.25, -0.2) is 4.39 Å². The Hall–Kier alpha value is -2.07. The summed E-state index contributed by atoms with van der Waals surface area (Å²) < 4.78 is 17.4. The molecule has 0 heterocycles. The minimum absolute atomic E-state index is 0.0357. The van der Waals surface area contributed by atoms with Gasteiger partial charge >= 0.3 is 5.97 Å². The summed E-state index contributed by atoms with van der Waals surface area (Å²) >= 11 is 5.35. The van der Waals surface area contributed by atoms with Gasteiger partial charge in [-0.3, -0.25) is 4.79 Å². The van der Waals surface area contributed by atoms with Crippen molar-refractivity contribution in [3.63, 3.8) is 0 Å². The first-order chi connectivity index (χ1) is 11.4. The average Bonchev–Trinajstić information content (AvgIpc) is 2.47. The van der Waals surface area contributed by atoms with Crippen LogP contribution in [0.1, 0.15) is 32.3 Å². The number of hydrogen-bond donors (Lipinski definition) is 1. The molecule has 0 radical (unpaired) electrons. The first-order valence-electron chi connectivity index (χ1n) is 7.79. The smallest absolute Gasteiger partial charge is 0.306 e. The predicted molar refractivity (Wildman–Crippen MR) is 93.7 cm³/mol. The minimum atomic E-state index is -0.528. The highest BCUT2D eigenvalue weighted by Gasteiger charge is 2.08. The first kappa shape index (κ1) is 20.0. The average molecular weight is 353 g/mol. The largest absolute Gasteiger partial charge is 0.508 e. The monoisotopic (exact) mass is 352 g/mol. The van der Waals surface area contributed by atoms with Crippen LogP contribution in [-0.2, 0) is 16.0 Å². The molecule has 3 nitrogen and oxygen atoms in total. The molecule has 0 aliphatic rings. The molecule has 0 spiro atoms. The van der Waals surface area contributed by atoms with Crippen LogP contribution in [-0.4, -0.2) is 17.2 Å². The Balaban J connectivity index is 0.000000272. The molecular weight excluding hydrogens is 331 g/mol. The van der Waals surface area contributed by atoms with Crippen LogP contribution in [0, 0.1) is 5.82 Å². The van der Waals surface area contributed by atoms with Crippen molar-refractivity contribution in [1.82, 2.24) is 0 Å². The lowest BCUT2D eigenvalue weighted by Crippen LogP contribution is -2.16. The third-order valence-electron chi connectivity index (χ3n) is 3.00. The zero-order chi connectivity index (χ0) is 17.9. The van der Waals surface area contributed by atoms with Gasteiger partial charge in [0, 0.05) is 23.9 Å². The van der Waals surface area contributed by atoms with Gasteiger partial charge in [0.05, 0.1) is 0 Å². The molecule has 2 aromatic rings. The highest BCUT2D eigenvalue weighted by atomic mass is 35.5. The van der Waals surface area contributed by atoms with E-state index < -0.39 is 5.82 Å². The molecule has 0 aliphatic carbocycles. The fourth-order valence-corrected chi connectivity index (χ4v) is 2.23. The summed E-state index contributed by atoms with van der Waals surface area (Å²) in [6.45, 7) is 3.91. The van der Waals surface area contributed by atoms with Gasteiger partial charge in [0.2, 0.25) is 0 Å². The molecule has 1 atom stereocenters. The van der Waals surface area contributed by atoms with E-state index in [1.54, 1.807) is 0 Å². The van der Waals surface area contributed by atoms with Gasteiger partial charge in [-0.05, 0) is 31.0 Å². The summed E-state index contributed by atoms with van der Waals surface area (Å²) in [6.07, 6.45) is 2.11. The Kier molecular flexibility index (Phi) is 8.87. The third-order valence-corrected chi connectivity index (χ3v) is 3.22. The van der Waals surface area contributed by atoms with Gasteiger partial charge in [-0.2, -0.15) is 0 Å². The summed E-state index contributed by atoms with van der Waals surface area (Å²) in [4.78, 5) is 11.2. The number of carbonyl (C=O) groups is 1. The van der Waals surface area contributed by atoms with Gasteiger partial charge < -0.3 is 9.84 Å². The van der Waals surface area contributed by atoms with Crippen LogP contribution in [0.15, 0.2) is 48.5 Å². The Bertz CT molecular complexity index is 581. The van der Waals surface area contributed by atoms with Crippen LogP contribution in [0.3, 0.4) is 0 Å². The molecule has 0 saturated heterocycles. The molecule has 0 amide bonds. The van der Waals surface area contributed by atoms with Crippen LogP contribution in [0.2, 0.25) is 5.02 Å². The number of aromatic hydroxyl groups is 1. The molecule has 0 fully saturated rings. The Morgan fingerprint density at radius 1 is 1.25 bits per heavy atom. The number of rotatable bonds is 5. The number of halogens is 2. The molecule has 2 aromatic carbocycles. The molecule has 0 aromatic heterocycles. The van der Waals surface area contributed by atoms with Crippen molar-refractivity contribution in [3.05, 3.63) is 64.9 Å². The summed E-state index contributed by atoms with van der Waals surface area (Å²) in [5.74, 6) is -0.777. The van der Waals surface area contributed by atoms with E-state index >= 15 is 0 Å². The summed E-state index contributed by atoms with van der Waals surface area (Å²) in [5.41, 5.74) is 1.20. The van der Waals surface area contributed by atoms with E-state index in [1.165, 1.54) is 11.6 Å². The van der Waals surface area contributed by atoms with Crippen molar-refractivity contribution in [2.24, 2.45) is 0 Å². The van der Waals surface area contributed by atoms with Crippen LogP contribution in [0.5, 0.6) is 5.75 Å². The van der Waals surface area contributed by atoms with Crippen molar-refractivity contribution in [1.29, 1.82) is 0 Å². The van der Waals surface area contributed by atoms with Crippen LogP contribution >= 0.6 is 11.6 Å². The van der Waals surface area contributed by atoms with Crippen LogP contribution in [0.4, 0.5) is 4.39 Å². The molecule has 1 N–H and O–H groups in total. The number of benzene rings is 2. The lowest BCUT2D eigenvalue weighted by atomic mass is 10.1. The number of phenolic OH excluding ortho intramolecular Hbond substituents is 1. The van der Waals surface area contributed by atoms with E-state index in [4.69, 9.17) is 21.4 Å². The number of carbonyl (C=O) groups excluding carboxylic acids is 1. The zero-order valence-corrected chi connectivity index (χ0v) is 14.6. The lowest BCUT2D eigenvalue weighted by molar-refractivity contribution is -0.148. The maximum atomic E-state index is 12.2. The van der Waals surface area contributed by atoms with Crippen molar-refractivity contribution < 1.29 is 19.0 Å². The molecule has 0 bridgehead atoms. The Morgan fingerprint density at radius 3 is 2.46 bits per heavy atom. The van der Waals surface area contributed by atoms with E-state index in [-0.39, 0.29) is 22.8 Å². The molecule has 130 valence electrons. The third kappa shape index (κ3) is 8.53. The summed E-state index contributed by atoms with van der Waals surface area (Å²) in [6, 6.07) is 13.5. The molecule has 1 unspecified atom stereocenters. The second kappa shape index (κ2) is 10.7. The highest BCUT2D eigenvalue weighted by molar-refractivity contribution is 6.30. The van der Waals surface area contributed by atoms with Gasteiger partial charge in [0.15, 0.2) is 0 Å². The van der Waals surface area contributed by atoms with Crippen molar-refractivity contribution in [2.45, 2.75) is 39.2 Å². The standard InChI is InChI=1S/C13H18O2.C6H4ClFO/c1-3-7-13(14)15-11(2)10-12-8-5-4-6-9-12;7-4-1-5(8)3-6(9)2-4/h4-6,8-9,11H,3,7,10H2,1-2H3;1-3,9H. The number of ether oxygens (including phenoxy) is 1. The predicted octanol–water partition coefficient (Wildman–Crippen LogP) is 5.15. The molecule has 0 aliphatic heterocycles. The molecule has 0 saturated carbocycles. The number of phenols is 1. The fraction of sp³-hybridized carbons (Fsp3) is 0.316. The second-order valence-corrected chi connectivity index (χ2v) is 5.80. The van der Waals surface area contributed by atoms with Crippen molar-refractivity contribution in [2.75, 3.05) is 0 Å². The fourth-order valence-electron chi connectivity index (χ4n) is 2.01. The number of esters is 1. The summed E-state index contributed by atoms with van der Waals surface area (Å²) in [7, 11) is 0. The van der Waals surface area contributed by atoms with E-state index in [9.17, 15) is 9.18 Å². The molecule has 2 rings (SSSR count). The maximum absolute atomic E-state index is 12.2. The first-order valence-corrected chi connectivity index (χ1v) is 8.17. The van der Waals surface area contributed by atoms with E-state index in [2.05, 4.69) is 0 Å². The summed E-state index contributed by atoms with van der Waals surface area (Å²) in [5, 5.41) is 8.87. The van der Waals surface area contributed by atoms with Gasteiger partial charge in [0.1, 0.15) is 17.7 Å². The van der Waals surface area contributed by atoms with Gasteiger partial charge in [-0.1, -0.05) is 48.9 Å². The minimum Gasteiger partial charge on any atom is -0.508 e. The Labute approximate surface area is 147 Å². The molecule has 5 heteroatoms. The Morgan fingerprint density at radius 2 is 1.92 bits per heavy atom. The normalized spacial score (nSPS) is 11.2. The van der Waals surface area contributed by atoms with E-state index in [1.807, 2.05) is 44.2 Å². The number of hydrogen-bond acceptors (Lipinski definition) is 3. The van der Waals surface area contributed by atoms with E-state index in [0.29, 0.717) is 6.42 Å². The van der Waals surface area contributed by atoms with E-state index in [0.717, 1.165) is 25.0 Å². The van der Waals surface area contributed by atoms with Crippen molar-refractivity contribution >= 4 is 17.6 Å². The molecule has 24 heavy (non-hydrogen) atoms. The lowest BCUT2D eigenvalue weighted by Gasteiger charge is -2.12. The highest BCUT2D eigenvalue weighted by Crippen LogP contribution is 2.17. The van der Waals surface area contributed by atoms with Crippen LogP contribution in [0.25, 0.3) is 0 Å². The topological polar surface area (TPSA) is 46.5 Å². The quantitative estimate of drug-likeness (QED) is 0.757. The maximum Gasteiger partial charge on any atom is 0.306 e. The van der Waals surface area contributed by atoms with Crippen molar-refractivity contribution in [3.8, 4) is 5.75 Å². The zero-order valence-electron chi connectivity index (χ0n) is 13.8. The molecular formula is C19H22ClFO3.